The molecule has 0 fully saturated rings. The number of carbonyl (C=O) groups excluding carboxylic acids is 1. The highest BCUT2D eigenvalue weighted by Crippen LogP contribution is 2.16. The van der Waals surface area contributed by atoms with E-state index in [0.717, 1.165) is 17.0 Å². The summed E-state index contributed by atoms with van der Waals surface area (Å²) in [5, 5.41) is 2.89. The average Bonchev–Trinajstić information content (AvgIpc) is 2.91. The molecular formula is C16H15BrN2O2S. The third-order valence-electron chi connectivity index (χ3n) is 3.17. The zero-order chi connectivity index (χ0) is 14.7. The van der Waals surface area contributed by atoms with Crippen molar-refractivity contribution in [3.8, 4) is 5.75 Å². The first-order chi connectivity index (χ1) is 10.3. The number of benzene rings is 2. The maximum Gasteiger partial charge on any atom is 0.290 e. The van der Waals surface area contributed by atoms with Gasteiger partial charge < -0.3 is 27.0 Å². The van der Waals surface area contributed by atoms with Gasteiger partial charge in [-0.1, -0.05) is 23.5 Å². The quantitative estimate of drug-likeness (QED) is 0.641. The standard InChI is InChI=1S/C16H14N2O2S.BrH/c1-20-13-8-6-12(7-9-13)17-16(19)10-18-11-21-15-5-3-2-4-14(15)18;/h2-9,11H,10H2,1H3;1H. The topological polar surface area (TPSA) is 42.2 Å². The van der Waals surface area contributed by atoms with Gasteiger partial charge in [0.1, 0.15) is 10.4 Å². The van der Waals surface area contributed by atoms with Gasteiger partial charge in [-0.15, -0.1) is 0 Å². The Balaban J connectivity index is 0.00000176. The van der Waals surface area contributed by atoms with E-state index >= 15 is 0 Å². The lowest BCUT2D eigenvalue weighted by molar-refractivity contribution is -0.653. The minimum Gasteiger partial charge on any atom is -1.00 e. The molecule has 22 heavy (non-hydrogen) atoms. The van der Waals surface area contributed by atoms with Gasteiger partial charge in [0, 0.05) is 11.8 Å². The maximum atomic E-state index is 12.1. The molecule has 114 valence electrons. The van der Waals surface area contributed by atoms with Crippen LogP contribution in [0, 0.1) is 0 Å². The molecule has 1 N–H and O–H groups in total. The minimum atomic E-state index is -0.0475. The third kappa shape index (κ3) is 3.64. The van der Waals surface area contributed by atoms with Crippen molar-refractivity contribution < 1.29 is 31.1 Å². The van der Waals surface area contributed by atoms with Gasteiger partial charge in [0.15, 0.2) is 0 Å². The second-order valence-corrected chi connectivity index (χ2v) is 5.48. The number of para-hydroxylation sites is 1. The van der Waals surface area contributed by atoms with Crippen molar-refractivity contribution in [3.05, 3.63) is 54.0 Å². The second kappa shape index (κ2) is 7.38. The van der Waals surface area contributed by atoms with Crippen molar-refractivity contribution in [2.45, 2.75) is 6.54 Å². The summed E-state index contributed by atoms with van der Waals surface area (Å²) in [4.78, 5) is 12.1. The molecule has 6 heteroatoms. The maximum absolute atomic E-state index is 12.1. The van der Waals surface area contributed by atoms with Crippen molar-refractivity contribution in [2.24, 2.45) is 0 Å². The van der Waals surface area contributed by atoms with Crippen LogP contribution >= 0.6 is 11.3 Å². The van der Waals surface area contributed by atoms with Crippen LogP contribution in [0.25, 0.3) is 10.2 Å². The van der Waals surface area contributed by atoms with Gasteiger partial charge in [0.05, 0.1) is 7.11 Å². The van der Waals surface area contributed by atoms with Crippen LogP contribution in [0.2, 0.25) is 0 Å². The molecule has 0 aliphatic rings. The molecule has 0 saturated heterocycles. The van der Waals surface area contributed by atoms with E-state index in [9.17, 15) is 4.79 Å². The van der Waals surface area contributed by atoms with Crippen molar-refractivity contribution in [3.63, 3.8) is 0 Å². The molecule has 0 radical (unpaired) electrons. The number of nitrogens with zero attached hydrogens (tertiary/aromatic N) is 1. The molecule has 3 aromatic rings. The predicted octanol–water partition coefficient (Wildman–Crippen LogP) is -0.160. The van der Waals surface area contributed by atoms with Crippen molar-refractivity contribution in [2.75, 3.05) is 12.4 Å². The molecule has 1 amide bonds. The highest BCUT2D eigenvalue weighted by Gasteiger charge is 2.15. The SMILES string of the molecule is COc1ccc(NC(=O)C[n+]2csc3ccccc32)cc1.[Br-]. The number of halogens is 1. The number of hydrogen-bond donors (Lipinski definition) is 1. The van der Waals surface area contributed by atoms with E-state index in [1.807, 2.05) is 52.5 Å². The van der Waals surface area contributed by atoms with Gasteiger partial charge in [0.25, 0.3) is 5.91 Å². The van der Waals surface area contributed by atoms with Crippen LogP contribution in [0.4, 0.5) is 5.69 Å². The first kappa shape index (κ1) is 16.5. The highest BCUT2D eigenvalue weighted by atomic mass is 79.9. The number of hydrogen-bond acceptors (Lipinski definition) is 3. The van der Waals surface area contributed by atoms with E-state index in [4.69, 9.17) is 4.74 Å². The predicted molar refractivity (Wildman–Crippen MR) is 83.6 cm³/mol. The molecule has 0 aliphatic heterocycles. The summed E-state index contributed by atoms with van der Waals surface area (Å²) in [7, 11) is 1.62. The summed E-state index contributed by atoms with van der Waals surface area (Å²) in [6, 6.07) is 15.4. The number of fused-ring (bicyclic) bond motifs is 1. The summed E-state index contributed by atoms with van der Waals surface area (Å²) in [6.45, 7) is 0.302. The van der Waals surface area contributed by atoms with E-state index in [1.165, 1.54) is 4.70 Å². The molecule has 3 rings (SSSR count). The van der Waals surface area contributed by atoms with Gasteiger partial charge in [-0.05, 0) is 30.3 Å². The largest absolute Gasteiger partial charge is 1.00 e. The molecule has 4 nitrogen and oxygen atoms in total. The Morgan fingerprint density at radius 1 is 1.18 bits per heavy atom. The monoisotopic (exact) mass is 378 g/mol. The fourth-order valence-corrected chi connectivity index (χ4v) is 3.02. The zero-order valence-electron chi connectivity index (χ0n) is 12.0. The van der Waals surface area contributed by atoms with Gasteiger partial charge in [0.2, 0.25) is 17.6 Å². The Hall–Kier alpha value is -1.92. The van der Waals surface area contributed by atoms with Crippen LogP contribution in [-0.2, 0) is 11.3 Å². The fourth-order valence-electron chi connectivity index (χ4n) is 2.12. The Morgan fingerprint density at radius 2 is 1.91 bits per heavy atom. The molecule has 0 saturated carbocycles. The number of amides is 1. The Bertz CT molecular complexity index is 771. The molecular weight excluding hydrogens is 364 g/mol. The number of nitrogens with one attached hydrogen (secondary N) is 1. The lowest BCUT2D eigenvalue weighted by Crippen LogP contribution is -3.00. The lowest BCUT2D eigenvalue weighted by Gasteiger charge is -2.04. The molecule has 0 bridgehead atoms. The van der Waals surface area contributed by atoms with E-state index < -0.39 is 0 Å². The van der Waals surface area contributed by atoms with Crippen LogP contribution in [0.5, 0.6) is 5.75 Å². The van der Waals surface area contributed by atoms with Gasteiger partial charge in [-0.2, -0.15) is 4.57 Å². The Morgan fingerprint density at radius 3 is 2.64 bits per heavy atom. The summed E-state index contributed by atoms with van der Waals surface area (Å²) in [5.41, 5.74) is 3.81. The fraction of sp³-hybridized carbons (Fsp3) is 0.125. The van der Waals surface area contributed by atoms with Gasteiger partial charge >= 0.3 is 0 Å². The van der Waals surface area contributed by atoms with Crippen LogP contribution < -0.4 is 31.6 Å². The van der Waals surface area contributed by atoms with Gasteiger partial charge in [-0.25, -0.2) is 0 Å². The third-order valence-corrected chi connectivity index (χ3v) is 4.13. The number of rotatable bonds is 4. The number of carbonyl (C=O) groups is 1. The molecule has 0 spiro atoms. The van der Waals surface area contributed by atoms with E-state index in [-0.39, 0.29) is 22.9 Å². The van der Waals surface area contributed by atoms with Crippen molar-refractivity contribution in [1.82, 2.24) is 0 Å². The Labute approximate surface area is 143 Å². The first-order valence-corrected chi connectivity index (χ1v) is 7.44. The molecule has 0 aliphatic carbocycles. The molecule has 1 aromatic heterocycles. The van der Waals surface area contributed by atoms with Crippen LogP contribution in [-0.4, -0.2) is 13.0 Å². The number of anilines is 1. The number of ether oxygens (including phenoxy) is 1. The highest BCUT2D eigenvalue weighted by molar-refractivity contribution is 7.16. The summed E-state index contributed by atoms with van der Waals surface area (Å²) >= 11 is 1.63. The Kier molecular flexibility index (Phi) is 5.51. The minimum absolute atomic E-state index is 0. The first-order valence-electron chi connectivity index (χ1n) is 6.56. The summed E-state index contributed by atoms with van der Waals surface area (Å²) in [6.07, 6.45) is 0. The lowest BCUT2D eigenvalue weighted by atomic mass is 10.3. The number of thiazole rings is 1. The zero-order valence-corrected chi connectivity index (χ0v) is 14.4. The normalized spacial score (nSPS) is 10.0. The molecule has 0 unspecified atom stereocenters. The van der Waals surface area contributed by atoms with Crippen molar-refractivity contribution >= 4 is 33.1 Å². The van der Waals surface area contributed by atoms with Crippen molar-refractivity contribution in [1.29, 1.82) is 0 Å². The van der Waals surface area contributed by atoms with Crippen LogP contribution in [0.1, 0.15) is 0 Å². The van der Waals surface area contributed by atoms with E-state index in [1.54, 1.807) is 18.4 Å². The average molecular weight is 379 g/mol. The van der Waals surface area contributed by atoms with E-state index in [0.29, 0.717) is 6.54 Å². The molecule has 0 atom stereocenters. The summed E-state index contributed by atoms with van der Waals surface area (Å²) in [5.74, 6) is 0.722. The molecule has 2 aromatic carbocycles. The van der Waals surface area contributed by atoms with Gasteiger partial charge in [-0.3, -0.25) is 4.79 Å². The number of methoxy groups -OCH3 is 1. The number of aromatic nitrogens is 1. The summed E-state index contributed by atoms with van der Waals surface area (Å²) < 4.78 is 8.23. The van der Waals surface area contributed by atoms with Crippen LogP contribution in [0.3, 0.4) is 0 Å². The van der Waals surface area contributed by atoms with E-state index in [2.05, 4.69) is 11.4 Å². The second-order valence-electron chi connectivity index (χ2n) is 4.60. The smallest absolute Gasteiger partial charge is 0.290 e. The molecule has 1 heterocycles. The van der Waals surface area contributed by atoms with Crippen LogP contribution in [0.15, 0.2) is 54.0 Å².